The van der Waals surface area contributed by atoms with Crippen molar-refractivity contribution in [3.63, 3.8) is 0 Å². The molecule has 1 aliphatic rings. The van der Waals surface area contributed by atoms with Crippen molar-refractivity contribution in [3.05, 3.63) is 53.1 Å². The first-order chi connectivity index (χ1) is 12.4. The van der Waals surface area contributed by atoms with Gasteiger partial charge in [0.2, 0.25) is 10.0 Å². The number of anilines is 2. The third-order valence-corrected chi connectivity index (χ3v) is 6.32. The lowest BCUT2D eigenvalue weighted by Crippen LogP contribution is -2.37. The van der Waals surface area contributed by atoms with Gasteiger partial charge in [0.05, 0.1) is 23.6 Å². The molecule has 1 fully saturated rings. The molecule has 2 aromatic carbocycles. The van der Waals surface area contributed by atoms with Crippen molar-refractivity contribution in [3.8, 4) is 5.75 Å². The highest BCUT2D eigenvalue weighted by Crippen LogP contribution is 2.28. The van der Waals surface area contributed by atoms with Crippen molar-refractivity contribution in [1.82, 2.24) is 0 Å². The highest BCUT2D eigenvalue weighted by Gasteiger charge is 2.26. The van der Waals surface area contributed by atoms with Crippen LogP contribution in [0, 0.1) is 0 Å². The van der Waals surface area contributed by atoms with E-state index in [1.54, 1.807) is 42.5 Å². The molecule has 0 atom stereocenters. The van der Waals surface area contributed by atoms with Gasteiger partial charge in [-0.2, -0.15) is 0 Å². The molecule has 0 saturated carbocycles. The van der Waals surface area contributed by atoms with Crippen LogP contribution in [0.2, 0.25) is 5.02 Å². The van der Waals surface area contributed by atoms with Gasteiger partial charge in [0, 0.05) is 17.8 Å². The quantitative estimate of drug-likeness (QED) is 0.860. The van der Waals surface area contributed by atoms with E-state index in [1.807, 2.05) is 0 Å². The van der Waals surface area contributed by atoms with Crippen LogP contribution in [0.5, 0.6) is 5.75 Å². The number of nitrogens with zero attached hydrogens (tertiary/aromatic N) is 1. The molecule has 0 aliphatic carbocycles. The van der Waals surface area contributed by atoms with E-state index in [0.717, 1.165) is 6.42 Å². The Morgan fingerprint density at radius 2 is 2.00 bits per heavy atom. The lowest BCUT2D eigenvalue weighted by Gasteiger charge is -2.28. The molecule has 0 radical (unpaired) electrons. The molecule has 0 spiro atoms. The topological polar surface area (TPSA) is 75.7 Å². The summed E-state index contributed by atoms with van der Waals surface area (Å²) in [6.45, 7) is 0.432. The number of carbonyl (C=O) groups excluding carboxylic acids is 1. The molecule has 1 amide bonds. The first-order valence-corrected chi connectivity index (χ1v) is 10.1. The first kappa shape index (κ1) is 18.5. The van der Waals surface area contributed by atoms with Gasteiger partial charge in [-0.05, 0) is 49.2 Å². The second-order valence-corrected chi connectivity index (χ2v) is 8.37. The van der Waals surface area contributed by atoms with Crippen LogP contribution in [0.25, 0.3) is 0 Å². The van der Waals surface area contributed by atoms with Gasteiger partial charge in [-0.1, -0.05) is 17.7 Å². The minimum atomic E-state index is -3.32. The molecule has 26 heavy (non-hydrogen) atoms. The second-order valence-electron chi connectivity index (χ2n) is 5.95. The molecule has 0 bridgehead atoms. The van der Waals surface area contributed by atoms with E-state index in [2.05, 4.69) is 5.32 Å². The monoisotopic (exact) mass is 394 g/mol. The smallest absolute Gasteiger partial charge is 0.255 e. The average molecular weight is 395 g/mol. The van der Waals surface area contributed by atoms with Crippen molar-refractivity contribution in [1.29, 1.82) is 0 Å². The molecule has 1 heterocycles. The van der Waals surface area contributed by atoms with E-state index in [4.69, 9.17) is 16.3 Å². The van der Waals surface area contributed by atoms with Crippen molar-refractivity contribution < 1.29 is 17.9 Å². The van der Waals surface area contributed by atoms with E-state index in [9.17, 15) is 13.2 Å². The van der Waals surface area contributed by atoms with E-state index in [1.165, 1.54) is 11.4 Å². The number of benzene rings is 2. The number of nitrogens with one attached hydrogen (secondary N) is 1. The van der Waals surface area contributed by atoms with Crippen molar-refractivity contribution in [2.45, 2.75) is 12.8 Å². The van der Waals surface area contributed by atoms with Gasteiger partial charge in [0.1, 0.15) is 5.75 Å². The predicted octanol–water partition coefficient (Wildman–Crippen LogP) is 3.53. The third-order valence-electron chi connectivity index (χ3n) is 4.16. The van der Waals surface area contributed by atoms with E-state index in [-0.39, 0.29) is 11.7 Å². The van der Waals surface area contributed by atoms with Crippen molar-refractivity contribution in [2.24, 2.45) is 0 Å². The Morgan fingerprint density at radius 3 is 2.69 bits per heavy atom. The summed E-state index contributed by atoms with van der Waals surface area (Å²) in [4.78, 5) is 12.5. The number of rotatable bonds is 4. The Morgan fingerprint density at radius 1 is 1.19 bits per heavy atom. The number of amides is 1. The Labute approximate surface area is 157 Å². The van der Waals surface area contributed by atoms with Gasteiger partial charge in [0.25, 0.3) is 5.91 Å². The Hall–Kier alpha value is -2.25. The largest absolute Gasteiger partial charge is 0.495 e. The van der Waals surface area contributed by atoms with Crippen LogP contribution in [-0.4, -0.2) is 33.7 Å². The normalized spacial score (nSPS) is 16.2. The Kier molecular flexibility index (Phi) is 5.38. The molecule has 8 heteroatoms. The van der Waals surface area contributed by atoms with Crippen LogP contribution < -0.4 is 14.4 Å². The van der Waals surface area contributed by atoms with Crippen molar-refractivity contribution in [2.75, 3.05) is 29.0 Å². The fourth-order valence-corrected chi connectivity index (χ4v) is 4.72. The highest BCUT2D eigenvalue weighted by atomic mass is 35.5. The van der Waals surface area contributed by atoms with Crippen LogP contribution in [0.3, 0.4) is 0 Å². The maximum absolute atomic E-state index is 12.5. The van der Waals surface area contributed by atoms with Gasteiger partial charge in [-0.15, -0.1) is 0 Å². The molecule has 138 valence electrons. The summed E-state index contributed by atoms with van der Waals surface area (Å²) in [7, 11) is -1.81. The standard InChI is InChI=1S/C18H19ClN2O4S/c1-25-17-8-7-14(12-16(17)19)20-18(22)13-5-4-6-15(11-13)21-9-2-3-10-26(21,23)24/h4-8,11-12H,2-3,9-10H2,1H3,(H,20,22). The van der Waals surface area contributed by atoms with Crippen LogP contribution in [0.15, 0.2) is 42.5 Å². The lowest BCUT2D eigenvalue weighted by atomic mass is 10.1. The average Bonchev–Trinajstić information content (AvgIpc) is 2.61. The molecule has 1 N–H and O–H groups in total. The highest BCUT2D eigenvalue weighted by molar-refractivity contribution is 7.92. The van der Waals surface area contributed by atoms with E-state index < -0.39 is 10.0 Å². The SMILES string of the molecule is COc1ccc(NC(=O)c2cccc(N3CCCCS3(=O)=O)c2)cc1Cl. The molecule has 0 aromatic heterocycles. The summed E-state index contributed by atoms with van der Waals surface area (Å²) in [6.07, 6.45) is 1.47. The fraction of sp³-hybridized carbons (Fsp3) is 0.278. The molecule has 1 saturated heterocycles. The maximum atomic E-state index is 12.5. The number of halogens is 1. The summed E-state index contributed by atoms with van der Waals surface area (Å²) in [5, 5.41) is 3.14. The zero-order valence-electron chi connectivity index (χ0n) is 14.2. The van der Waals surface area contributed by atoms with Crippen LogP contribution in [0.4, 0.5) is 11.4 Å². The zero-order valence-corrected chi connectivity index (χ0v) is 15.8. The van der Waals surface area contributed by atoms with Gasteiger partial charge >= 0.3 is 0 Å². The summed E-state index contributed by atoms with van der Waals surface area (Å²) in [5.41, 5.74) is 1.40. The second kappa shape index (κ2) is 7.55. The molecular weight excluding hydrogens is 376 g/mol. The maximum Gasteiger partial charge on any atom is 0.255 e. The molecular formula is C18H19ClN2O4S. The summed E-state index contributed by atoms with van der Waals surface area (Å²) in [5.74, 6) is 0.304. The summed E-state index contributed by atoms with van der Waals surface area (Å²) >= 11 is 6.07. The number of methoxy groups -OCH3 is 1. The third kappa shape index (κ3) is 3.94. The minimum absolute atomic E-state index is 0.133. The number of ether oxygens (including phenoxy) is 1. The van der Waals surface area contributed by atoms with Crippen LogP contribution >= 0.6 is 11.6 Å². The van der Waals surface area contributed by atoms with Gasteiger partial charge in [0.15, 0.2) is 0 Å². The molecule has 3 rings (SSSR count). The van der Waals surface area contributed by atoms with Crippen LogP contribution in [-0.2, 0) is 10.0 Å². The minimum Gasteiger partial charge on any atom is -0.495 e. The predicted molar refractivity (Wildman–Crippen MR) is 103 cm³/mol. The Balaban J connectivity index is 1.81. The van der Waals surface area contributed by atoms with E-state index in [0.29, 0.717) is 40.7 Å². The Bertz CT molecular complexity index is 931. The zero-order chi connectivity index (χ0) is 18.7. The van der Waals surface area contributed by atoms with Gasteiger partial charge in [-0.25, -0.2) is 8.42 Å². The molecule has 0 unspecified atom stereocenters. The first-order valence-electron chi connectivity index (χ1n) is 8.16. The van der Waals surface area contributed by atoms with Crippen LogP contribution in [0.1, 0.15) is 23.2 Å². The number of carbonyl (C=O) groups is 1. The number of hydrogen-bond acceptors (Lipinski definition) is 4. The molecule has 1 aliphatic heterocycles. The molecule has 6 nitrogen and oxygen atoms in total. The van der Waals surface area contributed by atoms with Gasteiger partial charge in [-0.3, -0.25) is 9.10 Å². The summed E-state index contributed by atoms with van der Waals surface area (Å²) in [6, 6.07) is 11.5. The van der Waals surface area contributed by atoms with E-state index >= 15 is 0 Å². The number of hydrogen-bond donors (Lipinski definition) is 1. The summed E-state index contributed by atoms with van der Waals surface area (Å²) < 4.78 is 31.0. The van der Waals surface area contributed by atoms with Gasteiger partial charge < -0.3 is 10.1 Å². The lowest BCUT2D eigenvalue weighted by molar-refractivity contribution is 0.102. The molecule has 2 aromatic rings. The fourth-order valence-electron chi connectivity index (χ4n) is 2.83. The van der Waals surface area contributed by atoms with Crippen molar-refractivity contribution >= 4 is 38.9 Å². The number of sulfonamides is 1.